The lowest BCUT2D eigenvalue weighted by atomic mass is 9.70. The van der Waals surface area contributed by atoms with Crippen LogP contribution in [-0.2, 0) is 4.74 Å². The molecule has 0 aromatic rings. The van der Waals surface area contributed by atoms with Gasteiger partial charge in [-0.3, -0.25) is 0 Å². The topological polar surface area (TPSA) is 9.23 Å². The number of ether oxygens (including phenoxy) is 1. The first kappa shape index (κ1) is 20.3. The fraction of sp³-hybridized carbons (Fsp3) is 1.00. The Hall–Kier alpha value is -0.0400. The van der Waals surface area contributed by atoms with E-state index >= 15 is 0 Å². The third-order valence-corrected chi connectivity index (χ3v) is 6.80. The third kappa shape index (κ3) is 7.46. The van der Waals surface area contributed by atoms with Crippen LogP contribution in [0.1, 0.15) is 117 Å². The molecule has 2 rings (SSSR count). The average molecular weight is 337 g/mol. The molecule has 0 amide bonds. The molecule has 2 fully saturated rings. The third-order valence-electron chi connectivity index (χ3n) is 6.80. The fourth-order valence-electron chi connectivity index (χ4n) is 5.17. The summed E-state index contributed by atoms with van der Waals surface area (Å²) in [7, 11) is 0. The second kappa shape index (κ2) is 12.3. The van der Waals surface area contributed by atoms with E-state index in [4.69, 9.17) is 4.74 Å². The monoisotopic (exact) mass is 336 g/mol. The molecular weight excluding hydrogens is 292 g/mol. The van der Waals surface area contributed by atoms with Gasteiger partial charge in [-0.15, -0.1) is 0 Å². The Kier molecular flexibility index (Phi) is 10.4. The van der Waals surface area contributed by atoms with Crippen molar-refractivity contribution < 1.29 is 4.74 Å². The molecule has 2 aliphatic carbocycles. The summed E-state index contributed by atoms with van der Waals surface area (Å²) in [5.74, 6) is 3.15. The van der Waals surface area contributed by atoms with E-state index in [1.807, 2.05) is 0 Å². The first-order chi connectivity index (χ1) is 11.8. The Morgan fingerprint density at radius 1 is 0.625 bits per heavy atom. The highest BCUT2D eigenvalue weighted by Gasteiger charge is 2.30. The Balaban J connectivity index is 1.52. The van der Waals surface area contributed by atoms with Crippen LogP contribution in [0.3, 0.4) is 0 Å². The van der Waals surface area contributed by atoms with Crippen LogP contribution in [0.15, 0.2) is 0 Å². The van der Waals surface area contributed by atoms with Gasteiger partial charge in [0.05, 0.1) is 6.10 Å². The van der Waals surface area contributed by atoms with Crippen molar-refractivity contribution in [2.45, 2.75) is 123 Å². The summed E-state index contributed by atoms with van der Waals surface area (Å²) >= 11 is 0. The molecule has 0 heterocycles. The van der Waals surface area contributed by atoms with Crippen LogP contribution in [0.5, 0.6) is 0 Å². The van der Waals surface area contributed by atoms with Crippen LogP contribution in [0, 0.1) is 17.8 Å². The first-order valence-corrected chi connectivity index (χ1v) is 11.4. The van der Waals surface area contributed by atoms with E-state index in [1.165, 1.54) is 103 Å². The SMILES string of the molecule is CCCCCCCCC1CCC([C@H]2CC[C@H](OCCC)CC2)CC1. The zero-order valence-electron chi connectivity index (χ0n) is 16.7. The van der Waals surface area contributed by atoms with Crippen LogP contribution >= 0.6 is 0 Å². The van der Waals surface area contributed by atoms with Crippen LogP contribution in [0.4, 0.5) is 0 Å². The van der Waals surface area contributed by atoms with E-state index in [0.717, 1.165) is 24.4 Å². The van der Waals surface area contributed by atoms with Gasteiger partial charge in [-0.05, 0) is 62.7 Å². The highest BCUT2D eigenvalue weighted by Crippen LogP contribution is 2.41. The van der Waals surface area contributed by atoms with Crippen molar-refractivity contribution in [2.24, 2.45) is 17.8 Å². The van der Waals surface area contributed by atoms with E-state index in [0.29, 0.717) is 6.10 Å². The van der Waals surface area contributed by atoms with E-state index in [-0.39, 0.29) is 0 Å². The van der Waals surface area contributed by atoms with Gasteiger partial charge in [0.2, 0.25) is 0 Å². The predicted molar refractivity (Wildman–Crippen MR) is 105 cm³/mol. The molecule has 0 aliphatic heterocycles. The lowest BCUT2D eigenvalue weighted by Crippen LogP contribution is -2.28. The lowest BCUT2D eigenvalue weighted by Gasteiger charge is -2.37. The molecule has 0 saturated heterocycles. The van der Waals surface area contributed by atoms with E-state index < -0.39 is 0 Å². The Morgan fingerprint density at radius 2 is 1.21 bits per heavy atom. The molecule has 0 atom stereocenters. The molecule has 0 radical (unpaired) electrons. The molecule has 2 aliphatic rings. The van der Waals surface area contributed by atoms with Gasteiger partial charge in [-0.2, -0.15) is 0 Å². The molecule has 0 aromatic heterocycles. The van der Waals surface area contributed by atoms with Gasteiger partial charge in [-0.25, -0.2) is 0 Å². The molecule has 1 nitrogen and oxygen atoms in total. The number of unbranched alkanes of at least 4 members (excludes halogenated alkanes) is 5. The Morgan fingerprint density at radius 3 is 1.83 bits per heavy atom. The molecule has 0 N–H and O–H groups in total. The van der Waals surface area contributed by atoms with E-state index in [9.17, 15) is 0 Å². The summed E-state index contributed by atoms with van der Waals surface area (Å²) in [5.41, 5.74) is 0. The summed E-state index contributed by atoms with van der Waals surface area (Å²) in [4.78, 5) is 0. The highest BCUT2D eigenvalue weighted by atomic mass is 16.5. The van der Waals surface area contributed by atoms with Gasteiger partial charge >= 0.3 is 0 Å². The van der Waals surface area contributed by atoms with Gasteiger partial charge in [0.1, 0.15) is 0 Å². The van der Waals surface area contributed by atoms with Crippen LogP contribution in [-0.4, -0.2) is 12.7 Å². The molecule has 142 valence electrons. The number of hydrogen-bond acceptors (Lipinski definition) is 1. The summed E-state index contributed by atoms with van der Waals surface area (Å²) < 4.78 is 5.96. The molecule has 2 saturated carbocycles. The van der Waals surface area contributed by atoms with Crippen molar-refractivity contribution in [3.05, 3.63) is 0 Å². The maximum atomic E-state index is 5.96. The van der Waals surface area contributed by atoms with E-state index in [2.05, 4.69) is 13.8 Å². The minimum absolute atomic E-state index is 0.588. The fourth-order valence-corrected chi connectivity index (χ4v) is 5.17. The molecule has 0 aromatic carbocycles. The predicted octanol–water partition coefficient (Wildman–Crippen LogP) is 7.53. The minimum Gasteiger partial charge on any atom is -0.378 e. The molecule has 24 heavy (non-hydrogen) atoms. The van der Waals surface area contributed by atoms with Crippen molar-refractivity contribution in [3.63, 3.8) is 0 Å². The summed E-state index contributed by atoms with van der Waals surface area (Å²) in [6, 6.07) is 0. The van der Waals surface area contributed by atoms with Crippen molar-refractivity contribution >= 4 is 0 Å². The van der Waals surface area contributed by atoms with E-state index in [1.54, 1.807) is 0 Å². The smallest absolute Gasteiger partial charge is 0.0575 e. The average Bonchev–Trinajstić information content (AvgIpc) is 2.64. The van der Waals surface area contributed by atoms with Gasteiger partial charge in [0.15, 0.2) is 0 Å². The van der Waals surface area contributed by atoms with Crippen molar-refractivity contribution in [2.75, 3.05) is 6.61 Å². The zero-order valence-corrected chi connectivity index (χ0v) is 16.7. The second-order valence-electron chi connectivity index (χ2n) is 8.74. The molecular formula is C23H44O. The summed E-state index contributed by atoms with van der Waals surface area (Å²) in [5, 5.41) is 0. The van der Waals surface area contributed by atoms with Crippen LogP contribution in [0.25, 0.3) is 0 Å². The first-order valence-electron chi connectivity index (χ1n) is 11.4. The maximum Gasteiger partial charge on any atom is 0.0575 e. The second-order valence-corrected chi connectivity index (χ2v) is 8.74. The minimum atomic E-state index is 0.588. The largest absolute Gasteiger partial charge is 0.378 e. The lowest BCUT2D eigenvalue weighted by molar-refractivity contribution is 0.00726. The van der Waals surface area contributed by atoms with Crippen LogP contribution in [0.2, 0.25) is 0 Å². The summed E-state index contributed by atoms with van der Waals surface area (Å²) in [6.45, 7) is 5.50. The number of rotatable bonds is 11. The van der Waals surface area contributed by atoms with Crippen molar-refractivity contribution in [1.29, 1.82) is 0 Å². The molecule has 0 spiro atoms. The van der Waals surface area contributed by atoms with Gasteiger partial charge in [0.25, 0.3) is 0 Å². The molecule has 0 bridgehead atoms. The van der Waals surface area contributed by atoms with Crippen molar-refractivity contribution in [3.8, 4) is 0 Å². The zero-order chi connectivity index (χ0) is 17.0. The van der Waals surface area contributed by atoms with Gasteiger partial charge in [-0.1, -0.05) is 71.6 Å². The Labute approximate surface area is 152 Å². The normalized spacial score (nSPS) is 31.2. The highest BCUT2D eigenvalue weighted by molar-refractivity contribution is 4.82. The maximum absolute atomic E-state index is 5.96. The van der Waals surface area contributed by atoms with Gasteiger partial charge in [0, 0.05) is 6.61 Å². The Bertz CT molecular complexity index is 284. The standard InChI is InChI=1S/C23H44O/c1-3-5-6-7-8-9-10-20-11-13-21(14-12-20)22-15-17-23(18-16-22)24-19-4-2/h20-23H,3-19H2,1-2H3/t20?,21?,22-,23-. The summed E-state index contributed by atoms with van der Waals surface area (Å²) in [6.07, 6.45) is 23.7. The quantitative estimate of drug-likeness (QED) is 0.354. The molecule has 0 unspecified atom stereocenters. The van der Waals surface area contributed by atoms with Crippen molar-refractivity contribution in [1.82, 2.24) is 0 Å². The molecule has 1 heteroatoms. The van der Waals surface area contributed by atoms with Gasteiger partial charge < -0.3 is 4.74 Å². The number of hydrogen-bond donors (Lipinski definition) is 0. The van der Waals surface area contributed by atoms with Crippen LogP contribution < -0.4 is 0 Å².